The van der Waals surface area contributed by atoms with Gasteiger partial charge in [0.15, 0.2) is 0 Å². The summed E-state index contributed by atoms with van der Waals surface area (Å²) in [5.74, 6) is 0. The fraction of sp³-hybridized carbons (Fsp3) is 1.00. The van der Waals surface area contributed by atoms with Gasteiger partial charge < -0.3 is 10.1 Å². The highest BCUT2D eigenvalue weighted by Crippen LogP contribution is 2.26. The molecule has 0 aromatic heterocycles. The molecule has 0 aromatic carbocycles. The summed E-state index contributed by atoms with van der Waals surface area (Å²) in [6.45, 7) is 2.07. The molecule has 90 valence electrons. The molecule has 0 atom stereocenters. The molecular weight excluding hydrogens is 206 g/mol. The molecule has 1 aliphatic carbocycles. The van der Waals surface area contributed by atoms with Crippen LogP contribution in [0.4, 0.5) is 0 Å². The third-order valence-electron chi connectivity index (χ3n) is 3.22. The lowest BCUT2D eigenvalue weighted by Crippen LogP contribution is -2.34. The van der Waals surface area contributed by atoms with Gasteiger partial charge in [0.05, 0.1) is 0 Å². The van der Waals surface area contributed by atoms with Crippen LogP contribution in [0.3, 0.4) is 0 Å². The summed E-state index contributed by atoms with van der Waals surface area (Å²) in [4.78, 5) is 0. The van der Waals surface area contributed by atoms with Crippen LogP contribution in [-0.2, 0) is 4.74 Å². The van der Waals surface area contributed by atoms with E-state index in [0.29, 0.717) is 0 Å². The van der Waals surface area contributed by atoms with E-state index in [4.69, 9.17) is 4.74 Å². The van der Waals surface area contributed by atoms with Gasteiger partial charge in [0.25, 0.3) is 0 Å². The Hall–Kier alpha value is 0.270. The van der Waals surface area contributed by atoms with Crippen molar-refractivity contribution in [3.63, 3.8) is 0 Å². The van der Waals surface area contributed by atoms with E-state index in [9.17, 15) is 0 Å². The van der Waals surface area contributed by atoms with Crippen molar-refractivity contribution < 1.29 is 4.74 Å². The quantitative estimate of drug-likeness (QED) is 0.681. The minimum absolute atomic E-state index is 0.788. The average Bonchev–Trinajstić information content (AvgIpc) is 2.30. The van der Waals surface area contributed by atoms with Crippen LogP contribution in [0.1, 0.15) is 38.5 Å². The summed E-state index contributed by atoms with van der Waals surface area (Å²) < 4.78 is 5.03. The normalized spacial score (nSPS) is 26.8. The van der Waals surface area contributed by atoms with Gasteiger partial charge in [0, 0.05) is 25.0 Å². The first-order valence-corrected chi connectivity index (χ1v) is 7.40. The van der Waals surface area contributed by atoms with Gasteiger partial charge in [-0.15, -0.1) is 0 Å². The highest BCUT2D eigenvalue weighted by Gasteiger charge is 2.19. The molecule has 0 spiro atoms. The molecule has 0 saturated heterocycles. The number of hydrogen-bond donors (Lipinski definition) is 1. The Kier molecular flexibility index (Phi) is 7.49. The van der Waals surface area contributed by atoms with E-state index in [-0.39, 0.29) is 0 Å². The molecule has 1 aliphatic rings. The molecule has 0 bridgehead atoms. The molecule has 15 heavy (non-hydrogen) atoms. The van der Waals surface area contributed by atoms with Gasteiger partial charge in [0.1, 0.15) is 0 Å². The fourth-order valence-electron chi connectivity index (χ4n) is 2.18. The minimum atomic E-state index is 0.788. The van der Waals surface area contributed by atoms with Crippen molar-refractivity contribution in [2.45, 2.75) is 49.8 Å². The Morgan fingerprint density at radius 1 is 1.20 bits per heavy atom. The predicted molar refractivity (Wildman–Crippen MR) is 68.7 cm³/mol. The van der Waals surface area contributed by atoms with E-state index in [1.165, 1.54) is 38.5 Å². The molecule has 0 aromatic rings. The second-order valence-electron chi connectivity index (χ2n) is 4.36. The van der Waals surface area contributed by atoms with Crippen LogP contribution in [0.25, 0.3) is 0 Å². The summed E-state index contributed by atoms with van der Waals surface area (Å²) in [5.41, 5.74) is 0. The maximum absolute atomic E-state index is 5.03. The van der Waals surface area contributed by atoms with Gasteiger partial charge >= 0.3 is 0 Å². The lowest BCUT2D eigenvalue weighted by molar-refractivity contribution is 0.192. The molecule has 1 N–H and O–H groups in total. The molecule has 1 rings (SSSR count). The Morgan fingerprint density at radius 2 is 1.93 bits per heavy atom. The van der Waals surface area contributed by atoms with Crippen molar-refractivity contribution >= 4 is 11.8 Å². The van der Waals surface area contributed by atoms with Gasteiger partial charge in [-0.05, 0) is 51.3 Å². The molecule has 1 saturated carbocycles. The van der Waals surface area contributed by atoms with Crippen molar-refractivity contribution in [1.82, 2.24) is 5.32 Å². The summed E-state index contributed by atoms with van der Waals surface area (Å²) in [6.07, 6.45) is 10.2. The standard InChI is InChI=1S/C12H25NOS/c1-14-10-4-3-9-13-11-5-7-12(15-2)8-6-11/h11-13H,3-10H2,1-2H3. The number of hydrogen-bond acceptors (Lipinski definition) is 3. The van der Waals surface area contributed by atoms with Gasteiger partial charge in [0.2, 0.25) is 0 Å². The molecule has 0 radical (unpaired) electrons. The Balaban J connectivity index is 1.94. The lowest BCUT2D eigenvalue weighted by Gasteiger charge is -2.28. The first-order valence-electron chi connectivity index (χ1n) is 6.12. The van der Waals surface area contributed by atoms with Crippen LogP contribution in [0.2, 0.25) is 0 Å². The third-order valence-corrected chi connectivity index (χ3v) is 4.35. The van der Waals surface area contributed by atoms with Crippen molar-refractivity contribution in [2.75, 3.05) is 26.5 Å². The lowest BCUT2D eigenvalue weighted by atomic mass is 9.95. The van der Waals surface area contributed by atoms with Crippen LogP contribution in [0.5, 0.6) is 0 Å². The van der Waals surface area contributed by atoms with E-state index in [1.54, 1.807) is 7.11 Å². The molecule has 1 fully saturated rings. The smallest absolute Gasteiger partial charge is 0.0462 e. The van der Waals surface area contributed by atoms with Crippen LogP contribution in [-0.4, -0.2) is 37.8 Å². The molecule has 0 heterocycles. The zero-order valence-corrected chi connectivity index (χ0v) is 10.9. The topological polar surface area (TPSA) is 21.3 Å². The zero-order chi connectivity index (χ0) is 10.9. The zero-order valence-electron chi connectivity index (χ0n) is 10.1. The van der Waals surface area contributed by atoms with Crippen LogP contribution < -0.4 is 5.32 Å². The van der Waals surface area contributed by atoms with E-state index < -0.39 is 0 Å². The third kappa shape index (κ3) is 5.79. The minimum Gasteiger partial charge on any atom is -0.385 e. The Bertz CT molecular complexity index is 147. The van der Waals surface area contributed by atoms with E-state index in [1.807, 2.05) is 11.8 Å². The Labute approximate surface area is 98.5 Å². The van der Waals surface area contributed by atoms with Crippen LogP contribution in [0.15, 0.2) is 0 Å². The van der Waals surface area contributed by atoms with Crippen molar-refractivity contribution in [3.05, 3.63) is 0 Å². The number of thioether (sulfide) groups is 1. The van der Waals surface area contributed by atoms with Gasteiger partial charge in [-0.3, -0.25) is 0 Å². The molecule has 3 heteroatoms. The molecule has 0 unspecified atom stereocenters. The van der Waals surface area contributed by atoms with Gasteiger partial charge in [-0.25, -0.2) is 0 Å². The number of methoxy groups -OCH3 is 1. The first-order chi connectivity index (χ1) is 7.36. The monoisotopic (exact) mass is 231 g/mol. The predicted octanol–water partition coefficient (Wildman–Crippen LogP) is 2.68. The van der Waals surface area contributed by atoms with Gasteiger partial charge in [-0.2, -0.15) is 11.8 Å². The number of nitrogens with one attached hydrogen (secondary N) is 1. The summed E-state index contributed by atoms with van der Waals surface area (Å²) in [6, 6.07) is 0.788. The second kappa shape index (κ2) is 8.43. The number of ether oxygens (including phenoxy) is 1. The highest BCUT2D eigenvalue weighted by atomic mass is 32.2. The van der Waals surface area contributed by atoms with Crippen LogP contribution in [0, 0.1) is 0 Å². The molecular formula is C12H25NOS. The first kappa shape index (κ1) is 13.3. The number of rotatable bonds is 7. The highest BCUT2D eigenvalue weighted by molar-refractivity contribution is 7.99. The molecule has 2 nitrogen and oxygen atoms in total. The van der Waals surface area contributed by atoms with Crippen molar-refractivity contribution in [1.29, 1.82) is 0 Å². The summed E-state index contributed by atoms with van der Waals surface area (Å²) in [7, 11) is 1.77. The van der Waals surface area contributed by atoms with E-state index in [0.717, 1.165) is 24.4 Å². The van der Waals surface area contributed by atoms with Crippen molar-refractivity contribution in [3.8, 4) is 0 Å². The summed E-state index contributed by atoms with van der Waals surface area (Å²) in [5, 5.41) is 4.59. The fourth-order valence-corrected chi connectivity index (χ4v) is 2.92. The summed E-state index contributed by atoms with van der Waals surface area (Å²) >= 11 is 2.04. The number of unbranched alkanes of at least 4 members (excludes halogenated alkanes) is 1. The molecule has 0 aliphatic heterocycles. The van der Waals surface area contributed by atoms with E-state index >= 15 is 0 Å². The van der Waals surface area contributed by atoms with E-state index in [2.05, 4.69) is 11.6 Å². The molecule has 0 amide bonds. The van der Waals surface area contributed by atoms with Crippen molar-refractivity contribution in [2.24, 2.45) is 0 Å². The van der Waals surface area contributed by atoms with Crippen LogP contribution >= 0.6 is 11.8 Å². The Morgan fingerprint density at radius 3 is 2.53 bits per heavy atom. The van der Waals surface area contributed by atoms with Gasteiger partial charge in [-0.1, -0.05) is 0 Å². The SMILES string of the molecule is COCCCCNC1CCC(SC)CC1. The maximum atomic E-state index is 5.03. The average molecular weight is 231 g/mol. The largest absolute Gasteiger partial charge is 0.385 e. The second-order valence-corrected chi connectivity index (χ2v) is 5.50. The maximum Gasteiger partial charge on any atom is 0.0462 e.